The van der Waals surface area contributed by atoms with Crippen LogP contribution in [-0.2, 0) is 11.3 Å². The van der Waals surface area contributed by atoms with Crippen LogP contribution in [0.4, 0.5) is 4.39 Å². The first-order chi connectivity index (χ1) is 14.9. The second-order valence-corrected chi connectivity index (χ2v) is 6.67. The minimum absolute atomic E-state index is 0.00673. The van der Waals surface area contributed by atoms with Crippen LogP contribution in [0.25, 0.3) is 0 Å². The SMILES string of the molecule is COc1ccc([C@@H](CC(=O)O)NC(=O)c2cn(Cc3cccc(F)c3)nn2)cc1OC. The quantitative estimate of drug-likeness (QED) is 0.538. The van der Waals surface area contributed by atoms with Gasteiger partial charge in [-0.3, -0.25) is 9.59 Å². The van der Waals surface area contributed by atoms with Gasteiger partial charge in [-0.2, -0.15) is 0 Å². The number of benzene rings is 2. The summed E-state index contributed by atoms with van der Waals surface area (Å²) < 4.78 is 25.2. The van der Waals surface area contributed by atoms with Crippen LogP contribution in [0.1, 0.15) is 34.1 Å². The van der Waals surface area contributed by atoms with Gasteiger partial charge in [-0.25, -0.2) is 9.07 Å². The predicted octanol–water partition coefficient (Wildman–Crippen LogP) is 2.43. The molecule has 9 nitrogen and oxygen atoms in total. The van der Waals surface area contributed by atoms with E-state index < -0.39 is 17.9 Å². The molecule has 3 rings (SSSR count). The molecular weight excluding hydrogens is 407 g/mol. The topological polar surface area (TPSA) is 116 Å². The van der Waals surface area contributed by atoms with Gasteiger partial charge in [-0.15, -0.1) is 5.10 Å². The van der Waals surface area contributed by atoms with Crippen molar-refractivity contribution in [3.63, 3.8) is 0 Å². The van der Waals surface area contributed by atoms with Crippen LogP contribution in [0.3, 0.4) is 0 Å². The number of nitrogens with one attached hydrogen (secondary N) is 1. The Kier molecular flexibility index (Phi) is 6.81. The normalized spacial score (nSPS) is 11.6. The maximum Gasteiger partial charge on any atom is 0.305 e. The number of rotatable bonds is 9. The number of hydrogen-bond acceptors (Lipinski definition) is 6. The molecule has 2 aromatic carbocycles. The highest BCUT2D eigenvalue weighted by Crippen LogP contribution is 2.31. The van der Waals surface area contributed by atoms with E-state index in [1.54, 1.807) is 30.3 Å². The number of carboxylic acids is 1. The van der Waals surface area contributed by atoms with Gasteiger partial charge in [0.05, 0.1) is 39.4 Å². The molecule has 1 atom stereocenters. The highest BCUT2D eigenvalue weighted by Gasteiger charge is 2.22. The molecule has 1 heterocycles. The Morgan fingerprint density at radius 2 is 1.94 bits per heavy atom. The van der Waals surface area contributed by atoms with E-state index in [9.17, 15) is 19.1 Å². The van der Waals surface area contributed by atoms with Crippen molar-refractivity contribution < 1.29 is 28.6 Å². The van der Waals surface area contributed by atoms with Crippen LogP contribution in [0.2, 0.25) is 0 Å². The highest BCUT2D eigenvalue weighted by molar-refractivity contribution is 5.92. The number of carbonyl (C=O) groups excluding carboxylic acids is 1. The smallest absolute Gasteiger partial charge is 0.305 e. The van der Waals surface area contributed by atoms with Crippen LogP contribution in [0.5, 0.6) is 11.5 Å². The van der Waals surface area contributed by atoms with Crippen molar-refractivity contribution in [3.8, 4) is 11.5 Å². The predicted molar refractivity (Wildman–Crippen MR) is 108 cm³/mol. The van der Waals surface area contributed by atoms with Crippen molar-refractivity contribution in [1.29, 1.82) is 0 Å². The van der Waals surface area contributed by atoms with Crippen molar-refractivity contribution in [1.82, 2.24) is 20.3 Å². The van der Waals surface area contributed by atoms with Crippen LogP contribution in [-0.4, -0.2) is 46.2 Å². The van der Waals surface area contributed by atoms with E-state index in [0.717, 1.165) is 0 Å². The summed E-state index contributed by atoms with van der Waals surface area (Å²) in [6.45, 7) is 0.228. The molecular formula is C21H21FN4O5. The molecule has 0 aliphatic rings. The number of aliphatic carboxylic acids is 1. The summed E-state index contributed by atoms with van der Waals surface area (Å²) >= 11 is 0. The maximum atomic E-state index is 13.3. The lowest BCUT2D eigenvalue weighted by Crippen LogP contribution is -2.30. The third-order valence-corrected chi connectivity index (χ3v) is 4.50. The van der Waals surface area contributed by atoms with Gasteiger partial charge in [0.25, 0.3) is 5.91 Å². The second-order valence-electron chi connectivity index (χ2n) is 6.67. The number of methoxy groups -OCH3 is 2. The zero-order chi connectivity index (χ0) is 22.4. The minimum Gasteiger partial charge on any atom is -0.493 e. The lowest BCUT2D eigenvalue weighted by atomic mass is 10.0. The van der Waals surface area contributed by atoms with Gasteiger partial charge in [0.1, 0.15) is 5.82 Å². The van der Waals surface area contributed by atoms with E-state index in [-0.39, 0.29) is 24.5 Å². The van der Waals surface area contributed by atoms with Gasteiger partial charge in [0.2, 0.25) is 0 Å². The fourth-order valence-corrected chi connectivity index (χ4v) is 3.03. The molecule has 0 aliphatic carbocycles. The van der Waals surface area contributed by atoms with Gasteiger partial charge in [0, 0.05) is 0 Å². The number of nitrogens with zero attached hydrogens (tertiary/aromatic N) is 3. The number of amides is 1. The van der Waals surface area contributed by atoms with Crippen molar-refractivity contribution >= 4 is 11.9 Å². The number of carbonyl (C=O) groups is 2. The Morgan fingerprint density at radius 3 is 2.61 bits per heavy atom. The number of aromatic nitrogens is 3. The summed E-state index contributed by atoms with van der Waals surface area (Å²) in [6.07, 6.45) is 1.06. The van der Waals surface area contributed by atoms with Crippen LogP contribution in [0, 0.1) is 5.82 Å². The van der Waals surface area contributed by atoms with Crippen molar-refractivity contribution in [2.45, 2.75) is 19.0 Å². The summed E-state index contributed by atoms with van der Waals surface area (Å²) in [4.78, 5) is 24.0. The fourth-order valence-electron chi connectivity index (χ4n) is 3.03. The van der Waals surface area contributed by atoms with E-state index in [2.05, 4.69) is 15.6 Å². The van der Waals surface area contributed by atoms with E-state index in [0.29, 0.717) is 22.6 Å². The molecule has 3 aromatic rings. The van der Waals surface area contributed by atoms with E-state index in [1.807, 2.05) is 0 Å². The largest absolute Gasteiger partial charge is 0.493 e. The molecule has 1 aromatic heterocycles. The monoisotopic (exact) mass is 428 g/mol. The Balaban J connectivity index is 1.77. The van der Waals surface area contributed by atoms with Crippen LogP contribution < -0.4 is 14.8 Å². The third-order valence-electron chi connectivity index (χ3n) is 4.50. The number of ether oxygens (including phenoxy) is 2. The molecule has 0 unspecified atom stereocenters. The van der Waals surface area contributed by atoms with E-state index in [1.165, 1.54) is 37.2 Å². The minimum atomic E-state index is -1.09. The first kappa shape index (κ1) is 21.8. The van der Waals surface area contributed by atoms with Gasteiger partial charge in [0.15, 0.2) is 17.2 Å². The van der Waals surface area contributed by atoms with Crippen LogP contribution >= 0.6 is 0 Å². The van der Waals surface area contributed by atoms with E-state index in [4.69, 9.17) is 9.47 Å². The summed E-state index contributed by atoms with van der Waals surface area (Å²) in [5.41, 5.74) is 1.19. The fraction of sp³-hybridized carbons (Fsp3) is 0.238. The molecule has 31 heavy (non-hydrogen) atoms. The molecule has 0 spiro atoms. The highest BCUT2D eigenvalue weighted by atomic mass is 19.1. The zero-order valence-corrected chi connectivity index (χ0v) is 16.9. The van der Waals surface area contributed by atoms with Gasteiger partial charge >= 0.3 is 5.97 Å². The summed E-state index contributed by atoms with van der Waals surface area (Å²) in [7, 11) is 2.95. The Bertz CT molecular complexity index is 1090. The summed E-state index contributed by atoms with van der Waals surface area (Å²) in [6, 6.07) is 10.0. The first-order valence-corrected chi connectivity index (χ1v) is 9.28. The molecule has 0 fully saturated rings. The van der Waals surface area contributed by atoms with Gasteiger partial charge < -0.3 is 19.9 Å². The molecule has 0 bridgehead atoms. The molecule has 0 saturated heterocycles. The van der Waals surface area contributed by atoms with Crippen molar-refractivity contribution in [2.24, 2.45) is 0 Å². The molecule has 0 aliphatic heterocycles. The number of carboxylic acid groups (broad SMARTS) is 1. The Labute approximate surface area is 177 Å². The van der Waals surface area contributed by atoms with Crippen molar-refractivity contribution in [3.05, 3.63) is 71.3 Å². The van der Waals surface area contributed by atoms with Gasteiger partial charge in [-0.1, -0.05) is 23.4 Å². The molecule has 2 N–H and O–H groups in total. The Hall–Kier alpha value is -3.95. The first-order valence-electron chi connectivity index (χ1n) is 9.28. The summed E-state index contributed by atoms with van der Waals surface area (Å²) in [5.74, 6) is -1.17. The van der Waals surface area contributed by atoms with E-state index >= 15 is 0 Å². The molecule has 1 amide bonds. The average molecular weight is 428 g/mol. The van der Waals surface area contributed by atoms with Crippen LogP contribution in [0.15, 0.2) is 48.7 Å². The van der Waals surface area contributed by atoms with Gasteiger partial charge in [-0.05, 0) is 35.4 Å². The zero-order valence-electron chi connectivity index (χ0n) is 16.9. The molecule has 162 valence electrons. The molecule has 10 heteroatoms. The summed E-state index contributed by atoms with van der Waals surface area (Å²) in [5, 5.41) is 19.7. The molecule has 0 radical (unpaired) electrons. The third kappa shape index (κ3) is 5.56. The lowest BCUT2D eigenvalue weighted by molar-refractivity contribution is -0.137. The average Bonchev–Trinajstić information content (AvgIpc) is 3.21. The lowest BCUT2D eigenvalue weighted by Gasteiger charge is -2.18. The second kappa shape index (κ2) is 9.70. The molecule has 0 saturated carbocycles. The standard InChI is InChI=1S/C21H21FN4O5/c1-30-18-7-6-14(9-19(18)31-2)16(10-20(27)28)23-21(29)17-12-26(25-24-17)11-13-4-3-5-15(22)8-13/h3-9,12,16H,10-11H2,1-2H3,(H,23,29)(H,27,28)/t16-/m1/s1. The van der Waals surface area contributed by atoms with Crippen molar-refractivity contribution in [2.75, 3.05) is 14.2 Å². The Morgan fingerprint density at radius 1 is 1.16 bits per heavy atom. The number of hydrogen-bond donors (Lipinski definition) is 2. The number of halogens is 1. The maximum absolute atomic E-state index is 13.3.